The van der Waals surface area contributed by atoms with E-state index in [4.69, 9.17) is 6.42 Å². The molecule has 0 unspecified atom stereocenters. The zero-order valence-corrected chi connectivity index (χ0v) is 9.81. The number of rotatable bonds is 6. The molecule has 0 saturated heterocycles. The van der Waals surface area contributed by atoms with Crippen LogP contribution >= 0.6 is 11.8 Å². The van der Waals surface area contributed by atoms with Crippen molar-refractivity contribution < 1.29 is 0 Å². The number of aryl methyl sites for hydroxylation is 1. The van der Waals surface area contributed by atoms with Gasteiger partial charge in [0.25, 0.3) is 0 Å². The van der Waals surface area contributed by atoms with Crippen molar-refractivity contribution in [3.8, 4) is 12.3 Å². The average molecular weight is 220 g/mol. The fourth-order valence-electron chi connectivity index (χ4n) is 1.20. The van der Waals surface area contributed by atoms with Gasteiger partial charge in [0.1, 0.15) is 0 Å². The Morgan fingerprint density at radius 2 is 2.47 bits per heavy atom. The maximum atomic E-state index is 5.15. The van der Waals surface area contributed by atoms with Crippen molar-refractivity contribution in [3.63, 3.8) is 0 Å². The Morgan fingerprint density at radius 3 is 3.20 bits per heavy atom. The average Bonchev–Trinajstić information content (AvgIpc) is 2.25. The third-order valence-corrected chi connectivity index (χ3v) is 2.90. The largest absolute Gasteiger partial charge is 0.312 e. The second-order valence-corrected chi connectivity index (χ2v) is 4.29. The van der Waals surface area contributed by atoms with Gasteiger partial charge in [0.05, 0.1) is 5.75 Å². The summed E-state index contributed by atoms with van der Waals surface area (Å²) in [6, 6.07) is 4.07. The molecule has 0 aliphatic heterocycles. The summed E-state index contributed by atoms with van der Waals surface area (Å²) in [7, 11) is 0. The van der Waals surface area contributed by atoms with Gasteiger partial charge in [-0.05, 0) is 18.6 Å². The van der Waals surface area contributed by atoms with Crippen molar-refractivity contribution in [2.75, 3.05) is 18.1 Å². The third kappa shape index (κ3) is 4.87. The standard InChI is InChI=1S/C12H16N2S/c1-3-8-15-9-7-13-10-12-5-4-6-14-11(12)2/h1,4-6,13H,7-10H2,2H3. The van der Waals surface area contributed by atoms with Crippen LogP contribution in [0.4, 0.5) is 0 Å². The first-order valence-corrected chi connectivity index (χ1v) is 6.12. The van der Waals surface area contributed by atoms with E-state index in [9.17, 15) is 0 Å². The zero-order chi connectivity index (χ0) is 10.9. The maximum absolute atomic E-state index is 5.15. The first-order chi connectivity index (χ1) is 7.34. The van der Waals surface area contributed by atoms with Crippen LogP contribution in [-0.2, 0) is 6.54 Å². The summed E-state index contributed by atoms with van der Waals surface area (Å²) in [6.45, 7) is 3.90. The lowest BCUT2D eigenvalue weighted by Crippen LogP contribution is -2.17. The third-order valence-electron chi connectivity index (χ3n) is 2.04. The van der Waals surface area contributed by atoms with E-state index in [1.165, 1.54) is 5.56 Å². The van der Waals surface area contributed by atoms with Gasteiger partial charge in [-0.2, -0.15) is 0 Å². The van der Waals surface area contributed by atoms with E-state index in [-0.39, 0.29) is 0 Å². The van der Waals surface area contributed by atoms with Gasteiger partial charge in [-0.3, -0.25) is 4.98 Å². The Bertz CT molecular complexity index is 331. The quantitative estimate of drug-likeness (QED) is 0.585. The zero-order valence-electron chi connectivity index (χ0n) is 8.99. The Morgan fingerprint density at radius 1 is 1.60 bits per heavy atom. The summed E-state index contributed by atoms with van der Waals surface area (Å²) in [6.07, 6.45) is 6.98. The number of nitrogens with one attached hydrogen (secondary N) is 1. The van der Waals surface area contributed by atoms with Crippen molar-refractivity contribution in [1.29, 1.82) is 0 Å². The highest BCUT2D eigenvalue weighted by Crippen LogP contribution is 2.02. The molecule has 15 heavy (non-hydrogen) atoms. The van der Waals surface area contributed by atoms with Gasteiger partial charge in [0.2, 0.25) is 0 Å². The molecule has 0 saturated carbocycles. The summed E-state index contributed by atoms with van der Waals surface area (Å²) in [5, 5.41) is 3.37. The van der Waals surface area contributed by atoms with E-state index in [2.05, 4.69) is 22.3 Å². The van der Waals surface area contributed by atoms with Crippen molar-refractivity contribution in [3.05, 3.63) is 29.6 Å². The van der Waals surface area contributed by atoms with Gasteiger partial charge in [-0.1, -0.05) is 12.0 Å². The molecule has 1 rings (SSSR count). The second-order valence-electron chi connectivity index (χ2n) is 3.18. The van der Waals surface area contributed by atoms with Crippen LogP contribution in [0, 0.1) is 19.3 Å². The van der Waals surface area contributed by atoms with E-state index < -0.39 is 0 Å². The maximum Gasteiger partial charge on any atom is 0.0545 e. The molecule has 0 fully saturated rings. The summed E-state index contributed by atoms with van der Waals surface area (Å²) in [5.41, 5.74) is 2.36. The number of hydrogen-bond acceptors (Lipinski definition) is 3. The number of terminal acetylenes is 1. The Hall–Kier alpha value is -0.980. The van der Waals surface area contributed by atoms with Crippen LogP contribution in [0.15, 0.2) is 18.3 Å². The van der Waals surface area contributed by atoms with Gasteiger partial charge < -0.3 is 5.32 Å². The highest BCUT2D eigenvalue weighted by atomic mass is 32.2. The lowest BCUT2D eigenvalue weighted by atomic mass is 10.2. The second kappa shape index (κ2) is 7.33. The molecule has 0 atom stereocenters. The minimum Gasteiger partial charge on any atom is -0.312 e. The van der Waals surface area contributed by atoms with Crippen LogP contribution in [0.3, 0.4) is 0 Å². The van der Waals surface area contributed by atoms with Gasteiger partial charge in [0.15, 0.2) is 0 Å². The minimum absolute atomic E-state index is 0.799. The molecule has 80 valence electrons. The molecule has 1 N–H and O–H groups in total. The molecule has 1 heterocycles. The first kappa shape index (κ1) is 12.1. The number of pyridine rings is 1. The van der Waals surface area contributed by atoms with Crippen LogP contribution in [0.5, 0.6) is 0 Å². The molecule has 1 aromatic rings. The van der Waals surface area contributed by atoms with Crippen LogP contribution in [0.1, 0.15) is 11.3 Å². The number of nitrogens with zero attached hydrogens (tertiary/aromatic N) is 1. The Kier molecular flexibility index (Phi) is 5.91. The van der Waals surface area contributed by atoms with Gasteiger partial charge in [-0.25, -0.2) is 0 Å². The van der Waals surface area contributed by atoms with Gasteiger partial charge in [0, 0.05) is 30.7 Å². The van der Waals surface area contributed by atoms with Gasteiger partial charge >= 0.3 is 0 Å². The lowest BCUT2D eigenvalue weighted by molar-refractivity contribution is 0.725. The molecule has 2 nitrogen and oxygen atoms in total. The molecule has 0 spiro atoms. The topological polar surface area (TPSA) is 24.9 Å². The lowest BCUT2D eigenvalue weighted by Gasteiger charge is -2.05. The van der Waals surface area contributed by atoms with E-state index in [0.29, 0.717) is 0 Å². The predicted molar refractivity (Wildman–Crippen MR) is 66.8 cm³/mol. The van der Waals surface area contributed by atoms with Crippen molar-refractivity contribution in [1.82, 2.24) is 10.3 Å². The molecule has 0 aromatic carbocycles. The SMILES string of the molecule is C#CCSCCNCc1cccnc1C. The normalized spacial score (nSPS) is 9.87. The summed E-state index contributed by atoms with van der Waals surface area (Å²) >= 11 is 1.78. The van der Waals surface area contributed by atoms with Crippen molar-refractivity contribution >= 4 is 11.8 Å². The molecular formula is C12H16N2S. The highest BCUT2D eigenvalue weighted by molar-refractivity contribution is 7.99. The van der Waals surface area contributed by atoms with Crippen LogP contribution in [-0.4, -0.2) is 23.0 Å². The predicted octanol–water partition coefficient (Wildman–Crippen LogP) is 1.85. The molecule has 0 aliphatic rings. The molecule has 0 aliphatic carbocycles. The Labute approximate surface area is 95.9 Å². The van der Waals surface area contributed by atoms with Crippen LogP contribution in [0.25, 0.3) is 0 Å². The molecule has 0 amide bonds. The van der Waals surface area contributed by atoms with Crippen LogP contribution < -0.4 is 5.32 Å². The summed E-state index contributed by atoms with van der Waals surface area (Å²) in [4.78, 5) is 4.24. The van der Waals surface area contributed by atoms with Crippen LogP contribution in [0.2, 0.25) is 0 Å². The van der Waals surface area contributed by atoms with E-state index in [1.807, 2.05) is 19.2 Å². The minimum atomic E-state index is 0.799. The summed E-state index contributed by atoms with van der Waals surface area (Å²) in [5.74, 6) is 4.47. The molecule has 1 aromatic heterocycles. The van der Waals surface area contributed by atoms with Gasteiger partial charge in [-0.15, -0.1) is 18.2 Å². The van der Waals surface area contributed by atoms with Crippen molar-refractivity contribution in [2.24, 2.45) is 0 Å². The highest BCUT2D eigenvalue weighted by Gasteiger charge is 1.96. The van der Waals surface area contributed by atoms with E-state index in [1.54, 1.807) is 11.8 Å². The number of aromatic nitrogens is 1. The number of hydrogen-bond donors (Lipinski definition) is 1. The van der Waals surface area contributed by atoms with E-state index >= 15 is 0 Å². The Balaban J connectivity index is 2.16. The fourth-order valence-corrected chi connectivity index (χ4v) is 1.75. The molecular weight excluding hydrogens is 204 g/mol. The molecule has 0 radical (unpaired) electrons. The number of thioether (sulfide) groups is 1. The summed E-state index contributed by atoms with van der Waals surface area (Å²) < 4.78 is 0. The first-order valence-electron chi connectivity index (χ1n) is 4.97. The molecule has 3 heteroatoms. The van der Waals surface area contributed by atoms with E-state index in [0.717, 1.165) is 30.3 Å². The molecule has 0 bridgehead atoms. The monoisotopic (exact) mass is 220 g/mol. The van der Waals surface area contributed by atoms with Crippen molar-refractivity contribution in [2.45, 2.75) is 13.5 Å². The fraction of sp³-hybridized carbons (Fsp3) is 0.417. The smallest absolute Gasteiger partial charge is 0.0545 e.